The third-order valence-corrected chi connectivity index (χ3v) is 6.06. The molecule has 20 heavy (non-hydrogen) atoms. The molecule has 0 spiro atoms. The Kier molecular flexibility index (Phi) is 4.86. The zero-order chi connectivity index (χ0) is 15.1. The Morgan fingerprint density at radius 2 is 1.75 bits per heavy atom. The predicted molar refractivity (Wildman–Crippen MR) is 87.9 cm³/mol. The number of rotatable bonds is 2. The quantitative estimate of drug-likeness (QED) is 0.828. The first-order valence-electron chi connectivity index (χ1n) is 8.71. The van der Waals surface area contributed by atoms with Crippen LogP contribution >= 0.6 is 0 Å². The van der Waals surface area contributed by atoms with E-state index in [9.17, 15) is 0 Å². The topological polar surface area (TPSA) is 15.3 Å². The Morgan fingerprint density at radius 3 is 2.20 bits per heavy atom. The van der Waals surface area contributed by atoms with E-state index in [4.69, 9.17) is 0 Å². The van der Waals surface area contributed by atoms with Crippen LogP contribution in [0.2, 0.25) is 0 Å². The number of nitrogens with zero attached hydrogens (tertiary/aromatic N) is 1. The smallest absolute Gasteiger partial charge is 0.0247 e. The van der Waals surface area contributed by atoms with Crippen LogP contribution in [0.5, 0.6) is 0 Å². The normalized spacial score (nSPS) is 40.5. The van der Waals surface area contributed by atoms with Gasteiger partial charge in [-0.2, -0.15) is 0 Å². The highest BCUT2D eigenvalue weighted by Crippen LogP contribution is 2.38. The summed E-state index contributed by atoms with van der Waals surface area (Å²) in [7, 11) is 0. The molecule has 0 aromatic heterocycles. The highest BCUT2D eigenvalue weighted by atomic mass is 15.3. The van der Waals surface area contributed by atoms with Crippen LogP contribution in [0.25, 0.3) is 0 Å². The van der Waals surface area contributed by atoms with Gasteiger partial charge in [-0.1, -0.05) is 48.5 Å². The van der Waals surface area contributed by atoms with Crippen LogP contribution in [-0.4, -0.2) is 36.1 Å². The maximum absolute atomic E-state index is 3.83. The Balaban J connectivity index is 2.15. The molecule has 2 aliphatic rings. The highest BCUT2D eigenvalue weighted by Gasteiger charge is 2.42. The van der Waals surface area contributed by atoms with Crippen LogP contribution < -0.4 is 5.32 Å². The first kappa shape index (κ1) is 16.3. The van der Waals surface area contributed by atoms with Gasteiger partial charge in [0.05, 0.1) is 0 Å². The molecule has 118 valence electrons. The van der Waals surface area contributed by atoms with Crippen LogP contribution in [-0.2, 0) is 0 Å². The lowest BCUT2D eigenvalue weighted by molar-refractivity contribution is 0.0156. The summed E-state index contributed by atoms with van der Waals surface area (Å²) < 4.78 is 0. The van der Waals surface area contributed by atoms with Gasteiger partial charge in [0.15, 0.2) is 0 Å². The number of nitrogens with one attached hydrogen (secondary N) is 1. The summed E-state index contributed by atoms with van der Waals surface area (Å²) in [6, 6.07) is 2.15. The largest absolute Gasteiger partial charge is 0.311 e. The molecular weight excluding hydrogens is 244 g/mol. The van der Waals surface area contributed by atoms with E-state index in [1.54, 1.807) is 0 Å². The van der Waals surface area contributed by atoms with E-state index in [0.29, 0.717) is 17.5 Å². The molecule has 2 fully saturated rings. The first-order chi connectivity index (χ1) is 9.21. The minimum atomic E-state index is 0.355. The lowest BCUT2D eigenvalue weighted by Gasteiger charge is -2.50. The first-order valence-corrected chi connectivity index (χ1v) is 8.71. The molecule has 1 saturated heterocycles. The molecule has 0 radical (unpaired) electrons. The summed E-state index contributed by atoms with van der Waals surface area (Å²) in [4.78, 5) is 2.88. The van der Waals surface area contributed by atoms with Crippen LogP contribution in [0, 0.1) is 23.2 Å². The van der Waals surface area contributed by atoms with Gasteiger partial charge in [-0.15, -0.1) is 0 Å². The average molecular weight is 280 g/mol. The molecule has 2 nitrogen and oxygen atoms in total. The fourth-order valence-electron chi connectivity index (χ4n) is 4.18. The van der Waals surface area contributed by atoms with Crippen molar-refractivity contribution in [3.05, 3.63) is 0 Å². The Morgan fingerprint density at radius 1 is 1.10 bits per heavy atom. The molecule has 1 aliphatic heterocycles. The van der Waals surface area contributed by atoms with E-state index in [1.807, 2.05) is 0 Å². The van der Waals surface area contributed by atoms with Crippen molar-refractivity contribution in [1.82, 2.24) is 10.2 Å². The van der Waals surface area contributed by atoms with Gasteiger partial charge >= 0.3 is 0 Å². The van der Waals surface area contributed by atoms with Crippen molar-refractivity contribution in [3.63, 3.8) is 0 Å². The summed E-state index contributed by atoms with van der Waals surface area (Å²) in [5.74, 6) is 2.50. The van der Waals surface area contributed by atoms with E-state index in [-0.39, 0.29) is 0 Å². The molecule has 2 rings (SSSR count). The van der Waals surface area contributed by atoms with Crippen LogP contribution in [0.1, 0.15) is 61.3 Å². The van der Waals surface area contributed by atoms with Gasteiger partial charge in [0.2, 0.25) is 0 Å². The second kappa shape index (κ2) is 5.96. The fourth-order valence-corrected chi connectivity index (χ4v) is 4.18. The summed E-state index contributed by atoms with van der Waals surface area (Å²) in [5.41, 5.74) is 0.355. The van der Waals surface area contributed by atoms with Crippen molar-refractivity contribution < 1.29 is 0 Å². The van der Waals surface area contributed by atoms with Crippen molar-refractivity contribution in [3.8, 4) is 0 Å². The molecule has 1 N–H and O–H groups in total. The van der Waals surface area contributed by atoms with Crippen LogP contribution in [0.4, 0.5) is 0 Å². The maximum atomic E-state index is 3.83. The molecule has 2 heteroatoms. The van der Waals surface area contributed by atoms with Crippen molar-refractivity contribution in [2.45, 2.75) is 79.4 Å². The second-order valence-corrected chi connectivity index (χ2v) is 8.82. The van der Waals surface area contributed by atoms with Gasteiger partial charge in [-0.3, -0.25) is 4.90 Å². The molecule has 1 saturated carbocycles. The highest BCUT2D eigenvalue weighted by molar-refractivity contribution is 4.98. The van der Waals surface area contributed by atoms with Crippen molar-refractivity contribution in [2.75, 3.05) is 13.1 Å². The SMILES string of the molecule is CC(C)C1CNC(C(C)(C)C)CN1C1CCC(C)C1C. The molecule has 0 bridgehead atoms. The van der Waals surface area contributed by atoms with Gasteiger partial charge in [0.1, 0.15) is 0 Å². The Bertz CT molecular complexity index is 318. The monoisotopic (exact) mass is 280 g/mol. The molecule has 0 aromatic carbocycles. The standard InChI is InChI=1S/C18H36N2/c1-12(2)16-10-19-17(18(5,6)7)11-20(16)15-9-8-13(3)14(15)4/h12-17,19H,8-11H2,1-7H3. The van der Waals surface area contributed by atoms with Gasteiger partial charge in [0.25, 0.3) is 0 Å². The van der Waals surface area contributed by atoms with Crippen molar-refractivity contribution in [2.24, 2.45) is 23.2 Å². The number of hydrogen-bond donors (Lipinski definition) is 1. The molecule has 1 aliphatic carbocycles. The molecule has 0 aromatic rings. The molecular formula is C18H36N2. The Hall–Kier alpha value is -0.0800. The second-order valence-electron chi connectivity index (χ2n) is 8.82. The van der Waals surface area contributed by atoms with Crippen LogP contribution in [0.15, 0.2) is 0 Å². The zero-order valence-corrected chi connectivity index (χ0v) is 14.7. The molecule has 1 heterocycles. The minimum Gasteiger partial charge on any atom is -0.311 e. The zero-order valence-electron chi connectivity index (χ0n) is 14.7. The lowest BCUT2D eigenvalue weighted by Crippen LogP contribution is -2.64. The summed E-state index contributed by atoms with van der Waals surface area (Å²) in [6.07, 6.45) is 2.82. The lowest BCUT2D eigenvalue weighted by atomic mass is 9.82. The van der Waals surface area contributed by atoms with Gasteiger partial charge in [-0.25, -0.2) is 0 Å². The fraction of sp³-hybridized carbons (Fsp3) is 1.00. The number of piperazine rings is 1. The Labute approximate surface area is 126 Å². The third-order valence-electron chi connectivity index (χ3n) is 6.06. The average Bonchev–Trinajstić information content (AvgIpc) is 2.68. The molecule has 5 unspecified atom stereocenters. The van der Waals surface area contributed by atoms with Crippen molar-refractivity contribution in [1.29, 1.82) is 0 Å². The van der Waals surface area contributed by atoms with Gasteiger partial charge in [-0.05, 0) is 36.0 Å². The predicted octanol–water partition coefficient (Wildman–Crippen LogP) is 3.77. The van der Waals surface area contributed by atoms with Gasteiger partial charge < -0.3 is 5.32 Å². The van der Waals surface area contributed by atoms with E-state index >= 15 is 0 Å². The molecule has 5 atom stereocenters. The summed E-state index contributed by atoms with van der Waals surface area (Å²) in [5, 5.41) is 3.83. The minimum absolute atomic E-state index is 0.355. The number of hydrogen-bond acceptors (Lipinski definition) is 2. The van der Waals surface area contributed by atoms with Crippen molar-refractivity contribution >= 4 is 0 Å². The van der Waals surface area contributed by atoms with Crippen LogP contribution in [0.3, 0.4) is 0 Å². The van der Waals surface area contributed by atoms with Gasteiger partial charge in [0, 0.05) is 31.2 Å². The van der Waals surface area contributed by atoms with E-state index in [1.165, 1.54) is 19.4 Å². The summed E-state index contributed by atoms with van der Waals surface area (Å²) in [6.45, 7) is 19.2. The third kappa shape index (κ3) is 3.22. The molecule has 0 amide bonds. The van der Waals surface area contributed by atoms with E-state index in [0.717, 1.165) is 30.3 Å². The van der Waals surface area contributed by atoms with E-state index < -0.39 is 0 Å². The van der Waals surface area contributed by atoms with E-state index in [2.05, 4.69) is 58.7 Å². The maximum Gasteiger partial charge on any atom is 0.0247 e. The summed E-state index contributed by atoms with van der Waals surface area (Å²) >= 11 is 0.